The first kappa shape index (κ1) is 12.7. The summed E-state index contributed by atoms with van der Waals surface area (Å²) in [5, 5.41) is 14.2. The molecule has 0 aliphatic heterocycles. The van der Waals surface area contributed by atoms with Crippen LogP contribution in [0.3, 0.4) is 0 Å². The number of rotatable bonds is 6. The van der Waals surface area contributed by atoms with Gasteiger partial charge in [0.05, 0.1) is 17.6 Å². The Labute approximate surface area is 106 Å². The van der Waals surface area contributed by atoms with Gasteiger partial charge >= 0.3 is 0 Å². The molecule has 1 aromatic rings. The predicted octanol–water partition coefficient (Wildman–Crippen LogP) is 3.20. The molecule has 5 nitrogen and oxygen atoms in total. The molecule has 1 aromatic carbocycles. The van der Waals surface area contributed by atoms with Crippen LogP contribution in [0.25, 0.3) is 0 Å². The zero-order valence-electron chi connectivity index (χ0n) is 10.7. The molecule has 5 heteroatoms. The smallest absolute Gasteiger partial charge is 0.275 e. The quantitative estimate of drug-likeness (QED) is 0.622. The summed E-state index contributed by atoms with van der Waals surface area (Å²) in [5.74, 6) is 1.24. The Kier molecular flexibility index (Phi) is 3.69. The molecule has 1 aliphatic rings. The van der Waals surface area contributed by atoms with Crippen molar-refractivity contribution < 1.29 is 9.66 Å². The summed E-state index contributed by atoms with van der Waals surface area (Å²) in [5.41, 5.74) is 0.839. The Bertz CT molecular complexity index is 448. The third-order valence-electron chi connectivity index (χ3n) is 3.21. The van der Waals surface area contributed by atoms with Crippen LogP contribution in [-0.4, -0.2) is 17.6 Å². The molecule has 1 fully saturated rings. The summed E-state index contributed by atoms with van der Waals surface area (Å²) in [7, 11) is 0. The largest absolute Gasteiger partial charge is 0.494 e. The maximum atomic E-state index is 10.9. The van der Waals surface area contributed by atoms with Crippen LogP contribution in [0.15, 0.2) is 18.2 Å². The summed E-state index contributed by atoms with van der Waals surface area (Å²) >= 11 is 0. The molecule has 18 heavy (non-hydrogen) atoms. The van der Waals surface area contributed by atoms with Crippen molar-refractivity contribution in [2.75, 3.05) is 11.9 Å². The van der Waals surface area contributed by atoms with Crippen molar-refractivity contribution in [3.63, 3.8) is 0 Å². The highest BCUT2D eigenvalue weighted by Crippen LogP contribution is 2.37. The summed E-state index contributed by atoms with van der Waals surface area (Å²) in [6.45, 7) is 4.52. The molecule has 1 saturated carbocycles. The highest BCUT2D eigenvalue weighted by molar-refractivity contribution is 5.57. The molecule has 0 aromatic heterocycles. The molecule has 0 spiro atoms. The molecule has 0 heterocycles. The standard InChI is InChI=1S/C13H18N2O3/c1-3-9-5-13(9)14-10-6-11(15(16)17)8-12(7-10)18-4-2/h6-9,13-14H,3-5H2,1-2H3. The average molecular weight is 250 g/mol. The van der Waals surface area contributed by atoms with E-state index in [-0.39, 0.29) is 5.69 Å². The monoisotopic (exact) mass is 250 g/mol. The van der Waals surface area contributed by atoms with Crippen LogP contribution in [0.4, 0.5) is 11.4 Å². The fourth-order valence-electron chi connectivity index (χ4n) is 2.11. The topological polar surface area (TPSA) is 64.4 Å². The van der Waals surface area contributed by atoms with Crippen LogP contribution in [-0.2, 0) is 0 Å². The van der Waals surface area contributed by atoms with Gasteiger partial charge in [0, 0.05) is 23.9 Å². The number of benzene rings is 1. The van der Waals surface area contributed by atoms with E-state index >= 15 is 0 Å². The number of anilines is 1. The molecule has 1 aliphatic carbocycles. The van der Waals surface area contributed by atoms with Gasteiger partial charge in [-0.2, -0.15) is 0 Å². The third-order valence-corrected chi connectivity index (χ3v) is 3.21. The molecule has 2 atom stereocenters. The van der Waals surface area contributed by atoms with Gasteiger partial charge < -0.3 is 10.1 Å². The van der Waals surface area contributed by atoms with Gasteiger partial charge in [-0.15, -0.1) is 0 Å². The van der Waals surface area contributed by atoms with Crippen molar-refractivity contribution in [3.8, 4) is 5.75 Å². The minimum absolute atomic E-state index is 0.0668. The number of nitro groups is 1. The van der Waals surface area contributed by atoms with Crippen LogP contribution in [0.2, 0.25) is 0 Å². The van der Waals surface area contributed by atoms with Gasteiger partial charge in [0.25, 0.3) is 5.69 Å². The number of nitro benzene ring substituents is 1. The zero-order valence-corrected chi connectivity index (χ0v) is 10.7. The van der Waals surface area contributed by atoms with Crippen molar-refractivity contribution in [3.05, 3.63) is 28.3 Å². The number of non-ortho nitro benzene ring substituents is 1. The third kappa shape index (κ3) is 2.91. The number of nitrogens with one attached hydrogen (secondary N) is 1. The van der Waals surface area contributed by atoms with Crippen molar-refractivity contribution in [1.82, 2.24) is 0 Å². The second-order valence-electron chi connectivity index (χ2n) is 4.56. The van der Waals surface area contributed by atoms with Gasteiger partial charge in [-0.1, -0.05) is 13.3 Å². The SMILES string of the molecule is CCOc1cc(NC2CC2CC)cc([N+](=O)[O-])c1. The van der Waals surface area contributed by atoms with Crippen LogP contribution < -0.4 is 10.1 Å². The Balaban J connectivity index is 2.15. The lowest BCUT2D eigenvalue weighted by atomic mass is 10.2. The van der Waals surface area contributed by atoms with Crippen LogP contribution in [0.1, 0.15) is 26.7 Å². The first-order valence-electron chi connectivity index (χ1n) is 6.32. The summed E-state index contributed by atoms with van der Waals surface area (Å²) in [4.78, 5) is 10.5. The van der Waals surface area contributed by atoms with Gasteiger partial charge in [0.2, 0.25) is 0 Å². The molecular formula is C13H18N2O3. The minimum Gasteiger partial charge on any atom is -0.494 e. The predicted molar refractivity (Wildman–Crippen MR) is 70.1 cm³/mol. The molecule has 0 radical (unpaired) electrons. The van der Waals surface area contributed by atoms with E-state index in [1.165, 1.54) is 6.07 Å². The molecule has 1 N–H and O–H groups in total. The van der Waals surface area contributed by atoms with E-state index in [0.717, 1.165) is 18.5 Å². The first-order valence-corrected chi connectivity index (χ1v) is 6.32. The summed E-state index contributed by atoms with van der Waals surface area (Å²) < 4.78 is 5.35. The highest BCUT2D eigenvalue weighted by atomic mass is 16.6. The van der Waals surface area contributed by atoms with Crippen LogP contribution in [0, 0.1) is 16.0 Å². The van der Waals surface area contributed by atoms with Gasteiger partial charge in [-0.05, 0) is 19.3 Å². The zero-order chi connectivity index (χ0) is 13.1. The van der Waals surface area contributed by atoms with E-state index < -0.39 is 4.92 Å². The minimum atomic E-state index is -0.391. The number of hydrogen-bond acceptors (Lipinski definition) is 4. The highest BCUT2D eigenvalue weighted by Gasteiger charge is 2.35. The van der Waals surface area contributed by atoms with E-state index in [0.29, 0.717) is 24.3 Å². The Hall–Kier alpha value is -1.78. The maximum absolute atomic E-state index is 10.9. The van der Waals surface area contributed by atoms with Crippen molar-refractivity contribution in [2.45, 2.75) is 32.7 Å². The van der Waals surface area contributed by atoms with Crippen molar-refractivity contribution in [2.24, 2.45) is 5.92 Å². The molecule has 98 valence electrons. The Morgan fingerprint density at radius 3 is 2.78 bits per heavy atom. The fraction of sp³-hybridized carbons (Fsp3) is 0.538. The Morgan fingerprint density at radius 1 is 1.44 bits per heavy atom. The maximum Gasteiger partial charge on any atom is 0.275 e. The summed E-state index contributed by atoms with van der Waals surface area (Å²) in [6, 6.07) is 5.29. The second-order valence-corrected chi connectivity index (χ2v) is 4.56. The van der Waals surface area contributed by atoms with E-state index in [1.807, 2.05) is 13.0 Å². The van der Waals surface area contributed by atoms with E-state index in [1.54, 1.807) is 6.07 Å². The second kappa shape index (κ2) is 5.25. The normalized spacial score (nSPS) is 21.4. The first-order chi connectivity index (χ1) is 8.63. The van der Waals surface area contributed by atoms with Gasteiger partial charge in [0.1, 0.15) is 5.75 Å². The van der Waals surface area contributed by atoms with Gasteiger partial charge in [-0.3, -0.25) is 10.1 Å². The van der Waals surface area contributed by atoms with Gasteiger partial charge in [-0.25, -0.2) is 0 Å². The van der Waals surface area contributed by atoms with Crippen LogP contribution >= 0.6 is 0 Å². The lowest BCUT2D eigenvalue weighted by Crippen LogP contribution is -2.05. The molecule has 0 saturated heterocycles. The molecular weight excluding hydrogens is 232 g/mol. The number of hydrogen-bond donors (Lipinski definition) is 1. The van der Waals surface area contributed by atoms with E-state index in [9.17, 15) is 10.1 Å². The van der Waals surface area contributed by atoms with E-state index in [4.69, 9.17) is 4.74 Å². The number of ether oxygens (including phenoxy) is 1. The van der Waals surface area contributed by atoms with E-state index in [2.05, 4.69) is 12.2 Å². The fourth-order valence-corrected chi connectivity index (χ4v) is 2.11. The summed E-state index contributed by atoms with van der Waals surface area (Å²) in [6.07, 6.45) is 2.29. The van der Waals surface area contributed by atoms with Crippen molar-refractivity contribution >= 4 is 11.4 Å². The van der Waals surface area contributed by atoms with Crippen LogP contribution in [0.5, 0.6) is 5.75 Å². The molecule has 0 amide bonds. The van der Waals surface area contributed by atoms with Gasteiger partial charge in [0.15, 0.2) is 0 Å². The average Bonchev–Trinajstić information content (AvgIpc) is 3.07. The molecule has 2 rings (SSSR count). The number of nitrogens with zero attached hydrogens (tertiary/aromatic N) is 1. The lowest BCUT2D eigenvalue weighted by Gasteiger charge is -2.09. The molecule has 2 unspecified atom stereocenters. The lowest BCUT2D eigenvalue weighted by molar-refractivity contribution is -0.384. The molecule has 0 bridgehead atoms. The van der Waals surface area contributed by atoms with Crippen molar-refractivity contribution in [1.29, 1.82) is 0 Å². The Morgan fingerprint density at radius 2 is 2.22 bits per heavy atom.